The van der Waals surface area contributed by atoms with Crippen molar-refractivity contribution in [3.63, 3.8) is 0 Å². The van der Waals surface area contributed by atoms with E-state index >= 15 is 0 Å². The summed E-state index contributed by atoms with van der Waals surface area (Å²) in [7, 11) is -1.24. The molecule has 0 aliphatic carbocycles. The maximum absolute atomic E-state index is 12.0. The highest BCUT2D eigenvalue weighted by Crippen LogP contribution is 2.35. The first-order valence-electron chi connectivity index (χ1n) is 6.95. The SMILES string of the molecule is C=C=C(OCC[Si](C)(C)C)C1(O)NC(=O)c2ccccc21. The molecule has 1 unspecified atom stereocenters. The molecule has 0 fully saturated rings. The van der Waals surface area contributed by atoms with Gasteiger partial charge in [-0.05, 0) is 12.1 Å². The van der Waals surface area contributed by atoms with Crippen molar-refractivity contribution in [2.45, 2.75) is 31.4 Å². The van der Waals surface area contributed by atoms with Gasteiger partial charge in [-0.3, -0.25) is 4.79 Å². The van der Waals surface area contributed by atoms with Crippen molar-refractivity contribution in [1.82, 2.24) is 5.32 Å². The Labute approximate surface area is 126 Å². The van der Waals surface area contributed by atoms with Crippen LogP contribution in [0.5, 0.6) is 0 Å². The highest BCUT2D eigenvalue weighted by molar-refractivity contribution is 6.76. The molecule has 0 saturated carbocycles. The number of carbonyl (C=O) groups excluding carboxylic acids is 1. The first kappa shape index (κ1) is 15.6. The second kappa shape index (κ2) is 5.52. The van der Waals surface area contributed by atoms with Crippen LogP contribution < -0.4 is 5.32 Å². The third-order valence-electron chi connectivity index (χ3n) is 3.44. The van der Waals surface area contributed by atoms with Gasteiger partial charge in [-0.2, -0.15) is 0 Å². The molecule has 0 bridgehead atoms. The molecule has 2 N–H and O–H groups in total. The number of amides is 1. The third kappa shape index (κ3) is 3.10. The summed E-state index contributed by atoms with van der Waals surface area (Å²) >= 11 is 0. The fourth-order valence-electron chi connectivity index (χ4n) is 2.22. The van der Waals surface area contributed by atoms with Crippen molar-refractivity contribution in [3.8, 4) is 0 Å². The Bertz CT molecular complexity index is 614. The van der Waals surface area contributed by atoms with Crippen LogP contribution in [0.3, 0.4) is 0 Å². The molecule has 21 heavy (non-hydrogen) atoms. The molecule has 0 radical (unpaired) electrons. The van der Waals surface area contributed by atoms with E-state index in [4.69, 9.17) is 4.74 Å². The molecule has 1 amide bonds. The Kier molecular flexibility index (Phi) is 4.10. The Hall–Kier alpha value is -1.81. The summed E-state index contributed by atoms with van der Waals surface area (Å²) < 4.78 is 5.67. The van der Waals surface area contributed by atoms with Gasteiger partial charge < -0.3 is 15.2 Å². The molecule has 1 aromatic carbocycles. The topological polar surface area (TPSA) is 58.6 Å². The van der Waals surface area contributed by atoms with Gasteiger partial charge in [-0.25, -0.2) is 0 Å². The number of carbonyl (C=O) groups is 1. The second-order valence-electron chi connectivity index (χ2n) is 6.38. The zero-order valence-electron chi connectivity index (χ0n) is 12.7. The average Bonchev–Trinajstić information content (AvgIpc) is 2.67. The van der Waals surface area contributed by atoms with Crippen molar-refractivity contribution < 1.29 is 14.6 Å². The summed E-state index contributed by atoms with van der Waals surface area (Å²) in [6.07, 6.45) is 0. The smallest absolute Gasteiger partial charge is 0.254 e. The number of fused-ring (bicyclic) bond motifs is 1. The Balaban J connectivity index is 2.23. The Morgan fingerprint density at radius 3 is 2.71 bits per heavy atom. The van der Waals surface area contributed by atoms with Gasteiger partial charge in [0.1, 0.15) is 0 Å². The van der Waals surface area contributed by atoms with E-state index in [0.29, 0.717) is 17.7 Å². The molecule has 0 saturated heterocycles. The number of hydrogen-bond acceptors (Lipinski definition) is 3. The Morgan fingerprint density at radius 2 is 2.10 bits per heavy atom. The number of rotatable bonds is 5. The van der Waals surface area contributed by atoms with Crippen LogP contribution in [0.2, 0.25) is 25.7 Å². The van der Waals surface area contributed by atoms with Gasteiger partial charge in [0.25, 0.3) is 5.91 Å². The molecule has 1 atom stereocenters. The molecule has 1 aliphatic rings. The molecule has 4 nitrogen and oxygen atoms in total. The van der Waals surface area contributed by atoms with Gasteiger partial charge in [0.05, 0.1) is 6.61 Å². The highest BCUT2D eigenvalue weighted by Gasteiger charge is 2.45. The summed E-state index contributed by atoms with van der Waals surface area (Å²) in [6.45, 7) is 10.8. The summed E-state index contributed by atoms with van der Waals surface area (Å²) in [5.41, 5.74) is 1.88. The van der Waals surface area contributed by atoms with Crippen LogP contribution >= 0.6 is 0 Å². The number of hydrogen-bond donors (Lipinski definition) is 2. The summed E-state index contributed by atoms with van der Waals surface area (Å²) in [4.78, 5) is 12.0. The van der Waals surface area contributed by atoms with Gasteiger partial charge in [0.15, 0.2) is 5.76 Å². The highest BCUT2D eigenvalue weighted by atomic mass is 28.3. The predicted octanol–water partition coefficient (Wildman–Crippen LogP) is 2.60. The molecule has 0 aromatic heterocycles. The zero-order chi connectivity index (χ0) is 15.7. The van der Waals surface area contributed by atoms with Crippen molar-refractivity contribution in [3.05, 3.63) is 53.5 Å². The van der Waals surface area contributed by atoms with Crippen molar-refractivity contribution in [2.24, 2.45) is 0 Å². The Morgan fingerprint density at radius 1 is 1.43 bits per heavy atom. The van der Waals surface area contributed by atoms with Crippen molar-refractivity contribution >= 4 is 14.0 Å². The van der Waals surface area contributed by atoms with E-state index in [1.807, 2.05) is 0 Å². The fourth-order valence-corrected chi connectivity index (χ4v) is 2.93. The summed E-state index contributed by atoms with van der Waals surface area (Å²) in [5.74, 6) is -0.173. The largest absolute Gasteiger partial charge is 0.485 e. The minimum Gasteiger partial charge on any atom is -0.485 e. The van der Waals surface area contributed by atoms with Crippen LogP contribution in [0.4, 0.5) is 0 Å². The molecular weight excluding hydrogens is 282 g/mol. The monoisotopic (exact) mass is 303 g/mol. The molecule has 1 aromatic rings. The van der Waals surface area contributed by atoms with E-state index in [1.54, 1.807) is 24.3 Å². The van der Waals surface area contributed by atoms with Gasteiger partial charge in [-0.15, -0.1) is 0 Å². The van der Waals surface area contributed by atoms with Crippen LogP contribution in [-0.2, 0) is 10.5 Å². The third-order valence-corrected chi connectivity index (χ3v) is 5.15. The molecular formula is C16H21NO3Si. The van der Waals surface area contributed by atoms with Gasteiger partial charge in [-0.1, -0.05) is 50.2 Å². The molecule has 1 heterocycles. The van der Waals surface area contributed by atoms with E-state index in [9.17, 15) is 9.90 Å². The lowest BCUT2D eigenvalue weighted by atomic mass is 10.0. The van der Waals surface area contributed by atoms with Crippen LogP contribution in [0.1, 0.15) is 15.9 Å². The van der Waals surface area contributed by atoms with E-state index in [-0.39, 0.29) is 11.7 Å². The van der Waals surface area contributed by atoms with Crippen LogP contribution in [0, 0.1) is 0 Å². The molecule has 1 aliphatic heterocycles. The fraction of sp³-hybridized carbons (Fsp3) is 0.375. The van der Waals surface area contributed by atoms with Gasteiger partial charge >= 0.3 is 0 Å². The van der Waals surface area contributed by atoms with Crippen LogP contribution in [-0.4, -0.2) is 25.7 Å². The lowest BCUT2D eigenvalue weighted by molar-refractivity contribution is -0.00725. The molecule has 2 rings (SSSR count). The predicted molar refractivity (Wildman–Crippen MR) is 84.6 cm³/mol. The van der Waals surface area contributed by atoms with E-state index in [0.717, 1.165) is 6.04 Å². The number of nitrogens with one attached hydrogen (secondary N) is 1. The first-order chi connectivity index (χ1) is 9.78. The normalized spacial score (nSPS) is 20.5. The average molecular weight is 303 g/mol. The maximum Gasteiger partial charge on any atom is 0.254 e. The molecule has 112 valence electrons. The lowest BCUT2D eigenvalue weighted by Gasteiger charge is -2.26. The maximum atomic E-state index is 12.0. The first-order valence-corrected chi connectivity index (χ1v) is 10.7. The molecule has 5 heteroatoms. The zero-order valence-corrected chi connectivity index (χ0v) is 13.7. The van der Waals surface area contributed by atoms with E-state index < -0.39 is 13.8 Å². The van der Waals surface area contributed by atoms with E-state index in [2.05, 4.69) is 37.3 Å². The van der Waals surface area contributed by atoms with Crippen LogP contribution in [0.25, 0.3) is 0 Å². The number of benzene rings is 1. The van der Waals surface area contributed by atoms with Crippen molar-refractivity contribution in [2.75, 3.05) is 6.61 Å². The number of ether oxygens (including phenoxy) is 1. The van der Waals surface area contributed by atoms with Gasteiger partial charge in [0, 0.05) is 19.2 Å². The lowest BCUT2D eigenvalue weighted by Crippen LogP contribution is -2.41. The summed E-state index contributed by atoms with van der Waals surface area (Å²) in [6, 6.07) is 7.85. The summed E-state index contributed by atoms with van der Waals surface area (Å²) in [5, 5.41) is 13.4. The minimum atomic E-state index is -1.67. The number of aliphatic hydroxyl groups is 1. The van der Waals surface area contributed by atoms with Crippen LogP contribution in [0.15, 0.2) is 42.3 Å². The van der Waals surface area contributed by atoms with E-state index in [1.165, 1.54) is 0 Å². The van der Waals surface area contributed by atoms with Gasteiger partial charge in [0.2, 0.25) is 5.72 Å². The standard InChI is InChI=1S/C16H21NO3Si/c1-5-14(20-10-11-21(2,3)4)16(19)13-9-7-6-8-12(13)15(18)17-16/h6-9,19H,1,10-11H2,2-4H3,(H,17,18). The second-order valence-corrected chi connectivity index (χ2v) is 12.0. The minimum absolute atomic E-state index is 0.152. The quantitative estimate of drug-likeness (QED) is 0.499. The molecule has 0 spiro atoms. The van der Waals surface area contributed by atoms with Crippen molar-refractivity contribution in [1.29, 1.82) is 0 Å².